The average molecular weight is 473 g/mol. The van der Waals surface area contributed by atoms with E-state index in [4.69, 9.17) is 15.2 Å². The van der Waals surface area contributed by atoms with Gasteiger partial charge in [0.2, 0.25) is 0 Å². The Bertz CT molecular complexity index is 1330. The zero-order valence-electron chi connectivity index (χ0n) is 19.5. The summed E-state index contributed by atoms with van der Waals surface area (Å²) in [6.07, 6.45) is -4.37. The third-order valence-electron chi connectivity index (χ3n) is 5.54. The predicted octanol–water partition coefficient (Wildman–Crippen LogP) is 6.13. The highest BCUT2D eigenvalue weighted by atomic mass is 19.4. The van der Waals surface area contributed by atoms with Crippen molar-refractivity contribution in [1.82, 2.24) is 14.5 Å². The van der Waals surface area contributed by atoms with Crippen molar-refractivity contribution in [2.45, 2.75) is 47.0 Å². The van der Waals surface area contributed by atoms with Gasteiger partial charge in [-0.3, -0.25) is 4.57 Å². The lowest BCUT2D eigenvalue weighted by molar-refractivity contribution is -0.137. The van der Waals surface area contributed by atoms with Gasteiger partial charge in [0.05, 0.1) is 23.2 Å². The van der Waals surface area contributed by atoms with Gasteiger partial charge in [-0.05, 0) is 49.6 Å². The van der Waals surface area contributed by atoms with Crippen molar-refractivity contribution in [2.24, 2.45) is 5.92 Å². The second-order valence-corrected chi connectivity index (χ2v) is 8.59. The van der Waals surface area contributed by atoms with E-state index in [2.05, 4.69) is 23.8 Å². The van der Waals surface area contributed by atoms with Crippen molar-refractivity contribution in [3.8, 4) is 11.8 Å². The van der Waals surface area contributed by atoms with E-state index in [-0.39, 0.29) is 6.61 Å². The molecule has 180 valence electrons. The summed E-state index contributed by atoms with van der Waals surface area (Å²) in [5.74, 6) is 1.24. The van der Waals surface area contributed by atoms with E-state index in [9.17, 15) is 13.2 Å². The van der Waals surface area contributed by atoms with Crippen LogP contribution in [-0.4, -0.2) is 21.1 Å². The number of benzene rings is 2. The van der Waals surface area contributed by atoms with E-state index in [1.54, 1.807) is 0 Å². The molecule has 0 saturated carbocycles. The number of nitrogen functional groups attached to an aromatic ring is 1. The number of hydrogen-bond acceptors (Lipinski definition) is 5. The molecule has 0 radical (unpaired) electrons. The van der Waals surface area contributed by atoms with Crippen molar-refractivity contribution >= 4 is 27.8 Å². The van der Waals surface area contributed by atoms with Gasteiger partial charge in [0.25, 0.3) is 6.01 Å². The third-order valence-corrected chi connectivity index (χ3v) is 5.54. The number of nitrogens with two attached hydrogens (primary N) is 1. The van der Waals surface area contributed by atoms with Crippen LogP contribution in [0.2, 0.25) is 0 Å². The Morgan fingerprint density at radius 2 is 1.71 bits per heavy atom. The van der Waals surface area contributed by atoms with Crippen LogP contribution >= 0.6 is 0 Å². The molecule has 2 aromatic carbocycles. The summed E-state index contributed by atoms with van der Waals surface area (Å²) in [5.41, 5.74) is 9.15. The normalized spacial score (nSPS) is 12.1. The van der Waals surface area contributed by atoms with Gasteiger partial charge >= 0.3 is 6.18 Å². The number of nitrogens with zero attached hydrogens (tertiary/aromatic N) is 3. The summed E-state index contributed by atoms with van der Waals surface area (Å²) in [5, 5.41) is 0.877. The minimum Gasteiger partial charge on any atom is -0.489 e. The summed E-state index contributed by atoms with van der Waals surface area (Å²) in [6, 6.07) is 9.19. The molecule has 0 aliphatic heterocycles. The molecule has 9 heteroatoms. The number of rotatable bonds is 7. The van der Waals surface area contributed by atoms with Crippen LogP contribution < -0.4 is 15.2 Å². The molecule has 0 fully saturated rings. The summed E-state index contributed by atoms with van der Waals surface area (Å²) in [6.45, 7) is 9.34. The fourth-order valence-corrected chi connectivity index (χ4v) is 3.96. The monoisotopic (exact) mass is 472 g/mol. The van der Waals surface area contributed by atoms with Crippen LogP contribution in [-0.2, 0) is 19.3 Å². The number of imidazole rings is 1. The van der Waals surface area contributed by atoms with Gasteiger partial charge in [-0.1, -0.05) is 26.0 Å². The number of hydrogen-bond donors (Lipinski definition) is 1. The maximum Gasteiger partial charge on any atom is 0.416 e. The lowest BCUT2D eigenvalue weighted by atomic mass is 10.1. The van der Waals surface area contributed by atoms with Crippen LogP contribution in [0.25, 0.3) is 21.9 Å². The third kappa shape index (κ3) is 4.47. The second kappa shape index (κ2) is 9.04. The largest absolute Gasteiger partial charge is 0.489 e. The molecular weight excluding hydrogens is 445 g/mol. The zero-order chi connectivity index (χ0) is 24.6. The molecule has 0 saturated heterocycles. The lowest BCUT2D eigenvalue weighted by Crippen LogP contribution is -2.08. The quantitative estimate of drug-likeness (QED) is 0.350. The summed E-state index contributed by atoms with van der Waals surface area (Å²) >= 11 is 0. The lowest BCUT2D eigenvalue weighted by Gasteiger charge is -2.15. The summed E-state index contributed by atoms with van der Waals surface area (Å²) < 4.78 is 52.1. The summed E-state index contributed by atoms with van der Waals surface area (Å²) in [7, 11) is 0. The highest BCUT2D eigenvalue weighted by molar-refractivity contribution is 6.08. The van der Waals surface area contributed by atoms with Gasteiger partial charge in [-0.15, -0.1) is 0 Å². The standard InChI is InChI=1S/C25H27F3N4O2/c1-5-33-24-31-21-22(32(24)12-14(2)3)18-10-11-19(15(4)20(18)30-23(21)29)34-13-16-6-8-17(9-7-16)25(26,27)28/h6-11,14H,5,12-13H2,1-4H3,(H2,29,30). The summed E-state index contributed by atoms with van der Waals surface area (Å²) in [4.78, 5) is 9.19. The molecule has 0 amide bonds. The molecule has 0 atom stereocenters. The molecule has 0 aliphatic carbocycles. The Morgan fingerprint density at radius 1 is 1.00 bits per heavy atom. The van der Waals surface area contributed by atoms with Crippen LogP contribution in [0.15, 0.2) is 36.4 Å². The Labute approximate surface area is 195 Å². The number of ether oxygens (including phenoxy) is 2. The minimum absolute atomic E-state index is 0.127. The molecule has 2 aromatic heterocycles. The van der Waals surface area contributed by atoms with E-state index in [0.717, 1.165) is 28.6 Å². The Balaban J connectivity index is 1.72. The minimum atomic E-state index is -4.37. The fraction of sp³-hybridized carbons (Fsp3) is 0.360. The SMILES string of the molecule is CCOc1nc2c(N)nc3c(C)c(OCc4ccc(C(F)(F)F)cc4)ccc3c2n1CC(C)C. The Hall–Kier alpha value is -3.49. The van der Waals surface area contributed by atoms with Gasteiger partial charge in [-0.2, -0.15) is 18.2 Å². The van der Waals surface area contributed by atoms with Crippen molar-refractivity contribution in [1.29, 1.82) is 0 Å². The van der Waals surface area contributed by atoms with Gasteiger partial charge in [0, 0.05) is 17.5 Å². The number of aryl methyl sites for hydroxylation is 1. The van der Waals surface area contributed by atoms with Crippen LogP contribution in [0.5, 0.6) is 11.8 Å². The predicted molar refractivity (Wildman–Crippen MR) is 126 cm³/mol. The number of alkyl halides is 3. The van der Waals surface area contributed by atoms with Crippen molar-refractivity contribution in [3.63, 3.8) is 0 Å². The number of anilines is 1. The van der Waals surface area contributed by atoms with Crippen molar-refractivity contribution in [3.05, 3.63) is 53.1 Å². The average Bonchev–Trinajstić information content (AvgIpc) is 3.12. The molecule has 2 N–H and O–H groups in total. The van der Waals surface area contributed by atoms with Gasteiger partial charge in [0.1, 0.15) is 17.9 Å². The first-order chi connectivity index (χ1) is 16.1. The molecule has 0 bridgehead atoms. The van der Waals surface area contributed by atoms with Crippen LogP contribution in [0.3, 0.4) is 0 Å². The van der Waals surface area contributed by atoms with Gasteiger partial charge < -0.3 is 15.2 Å². The van der Waals surface area contributed by atoms with Crippen LogP contribution in [0.1, 0.15) is 37.5 Å². The molecule has 0 spiro atoms. The van der Waals surface area contributed by atoms with E-state index >= 15 is 0 Å². The first-order valence-electron chi connectivity index (χ1n) is 11.1. The molecule has 2 heterocycles. The molecule has 0 aliphatic rings. The number of aromatic nitrogens is 3. The van der Waals surface area contributed by atoms with Crippen molar-refractivity contribution in [2.75, 3.05) is 12.3 Å². The molecule has 34 heavy (non-hydrogen) atoms. The topological polar surface area (TPSA) is 75.2 Å². The van der Waals surface area contributed by atoms with Crippen LogP contribution in [0.4, 0.5) is 19.0 Å². The van der Waals surface area contributed by atoms with E-state index in [0.29, 0.717) is 53.2 Å². The maximum absolute atomic E-state index is 12.8. The zero-order valence-corrected chi connectivity index (χ0v) is 19.5. The highest BCUT2D eigenvalue weighted by Gasteiger charge is 2.30. The maximum atomic E-state index is 12.8. The van der Waals surface area contributed by atoms with Gasteiger partial charge in [0.15, 0.2) is 5.82 Å². The van der Waals surface area contributed by atoms with Crippen LogP contribution in [0, 0.1) is 12.8 Å². The number of pyridine rings is 1. The first-order valence-corrected chi connectivity index (χ1v) is 11.1. The van der Waals surface area contributed by atoms with Crippen molar-refractivity contribution < 1.29 is 22.6 Å². The molecule has 0 unspecified atom stereocenters. The highest BCUT2D eigenvalue weighted by Crippen LogP contribution is 2.36. The number of halogens is 3. The molecule has 4 aromatic rings. The molecular formula is C25H27F3N4O2. The molecule has 6 nitrogen and oxygen atoms in total. The van der Waals surface area contributed by atoms with E-state index in [1.165, 1.54) is 12.1 Å². The molecule has 4 rings (SSSR count). The van der Waals surface area contributed by atoms with E-state index < -0.39 is 11.7 Å². The van der Waals surface area contributed by atoms with Gasteiger partial charge in [-0.25, -0.2) is 4.98 Å². The first kappa shape index (κ1) is 23.7. The fourth-order valence-electron chi connectivity index (χ4n) is 3.96. The Morgan fingerprint density at radius 3 is 2.32 bits per heavy atom. The smallest absolute Gasteiger partial charge is 0.416 e. The Kier molecular flexibility index (Phi) is 6.29. The van der Waals surface area contributed by atoms with E-state index in [1.807, 2.05) is 30.5 Å². The number of fused-ring (bicyclic) bond motifs is 3. The second-order valence-electron chi connectivity index (χ2n) is 8.59.